The zero-order valence-electron chi connectivity index (χ0n) is 9.02. The number of carbonyl (C=O) groups excluding carboxylic acids is 1. The zero-order chi connectivity index (χ0) is 12.7. The summed E-state index contributed by atoms with van der Waals surface area (Å²) in [4.78, 5) is 11.4. The predicted octanol–water partition coefficient (Wildman–Crippen LogP) is 2.46. The first-order valence-electron chi connectivity index (χ1n) is 4.83. The van der Waals surface area contributed by atoms with Crippen LogP contribution >= 0.6 is 0 Å². The van der Waals surface area contributed by atoms with Gasteiger partial charge in [-0.1, -0.05) is 30.9 Å². The summed E-state index contributed by atoms with van der Waals surface area (Å²) in [5.74, 6) is -1.30. The first-order valence-corrected chi connectivity index (χ1v) is 4.83. The summed E-state index contributed by atoms with van der Waals surface area (Å²) in [5, 5.41) is 8.78. The highest BCUT2D eigenvalue weighted by atomic mass is 19.1. The summed E-state index contributed by atoms with van der Waals surface area (Å²) >= 11 is 0. The van der Waals surface area contributed by atoms with E-state index in [1.54, 1.807) is 12.1 Å². The van der Waals surface area contributed by atoms with Crippen LogP contribution in [0.2, 0.25) is 0 Å². The van der Waals surface area contributed by atoms with Crippen molar-refractivity contribution in [2.75, 3.05) is 6.61 Å². The van der Waals surface area contributed by atoms with E-state index in [-0.39, 0.29) is 17.7 Å². The van der Waals surface area contributed by atoms with Crippen LogP contribution in [0.1, 0.15) is 5.56 Å². The molecule has 17 heavy (non-hydrogen) atoms. The van der Waals surface area contributed by atoms with E-state index in [0.717, 1.165) is 6.08 Å². The van der Waals surface area contributed by atoms with Gasteiger partial charge in [-0.05, 0) is 12.1 Å². The fraction of sp³-hybridized carbons (Fsp3) is 0.0769. The smallest absolute Gasteiger partial charge is 0.349 e. The summed E-state index contributed by atoms with van der Waals surface area (Å²) in [6.45, 7) is 3.39. The van der Waals surface area contributed by atoms with E-state index in [9.17, 15) is 9.18 Å². The number of ether oxygens (including phenoxy) is 1. The van der Waals surface area contributed by atoms with Gasteiger partial charge < -0.3 is 4.74 Å². The van der Waals surface area contributed by atoms with Gasteiger partial charge in [-0.15, -0.1) is 0 Å². The lowest BCUT2D eigenvalue weighted by atomic mass is 10.1. The molecule has 0 heterocycles. The Morgan fingerprint density at radius 2 is 2.24 bits per heavy atom. The molecule has 0 saturated heterocycles. The third kappa shape index (κ3) is 3.58. The van der Waals surface area contributed by atoms with Crippen LogP contribution in [0.4, 0.5) is 4.39 Å². The van der Waals surface area contributed by atoms with Gasteiger partial charge in [-0.25, -0.2) is 9.18 Å². The minimum absolute atomic E-state index is 0.00905. The Hall–Kier alpha value is -2.41. The van der Waals surface area contributed by atoms with Crippen molar-refractivity contribution in [3.63, 3.8) is 0 Å². The van der Waals surface area contributed by atoms with E-state index < -0.39 is 11.8 Å². The van der Waals surface area contributed by atoms with Crippen LogP contribution < -0.4 is 0 Å². The Labute approximate surface area is 98.4 Å². The van der Waals surface area contributed by atoms with Crippen LogP contribution in [0.3, 0.4) is 0 Å². The van der Waals surface area contributed by atoms with Gasteiger partial charge in [-0.2, -0.15) is 5.26 Å². The van der Waals surface area contributed by atoms with Gasteiger partial charge in [0.1, 0.15) is 24.1 Å². The van der Waals surface area contributed by atoms with Crippen molar-refractivity contribution in [1.29, 1.82) is 5.26 Å². The molecule has 1 rings (SSSR count). The lowest BCUT2D eigenvalue weighted by Crippen LogP contribution is -2.06. The van der Waals surface area contributed by atoms with Gasteiger partial charge in [0.25, 0.3) is 0 Å². The molecule has 0 spiro atoms. The fourth-order valence-electron chi connectivity index (χ4n) is 1.10. The highest BCUT2D eigenvalue weighted by molar-refractivity contribution is 5.97. The minimum Gasteiger partial charge on any atom is -0.457 e. The number of halogens is 1. The molecule has 0 radical (unpaired) electrons. The third-order valence-corrected chi connectivity index (χ3v) is 1.88. The maximum atomic E-state index is 13.3. The first-order chi connectivity index (χ1) is 8.19. The van der Waals surface area contributed by atoms with Crippen LogP contribution in [0, 0.1) is 17.1 Å². The Balaban J connectivity index is 2.95. The van der Waals surface area contributed by atoms with Crippen molar-refractivity contribution >= 4 is 12.0 Å². The van der Waals surface area contributed by atoms with E-state index >= 15 is 0 Å². The quantitative estimate of drug-likeness (QED) is 0.346. The summed E-state index contributed by atoms with van der Waals surface area (Å²) in [6, 6.07) is 7.52. The molecule has 0 aliphatic heterocycles. The van der Waals surface area contributed by atoms with Crippen LogP contribution in [0.15, 0.2) is 42.5 Å². The molecule has 0 aromatic heterocycles. The van der Waals surface area contributed by atoms with Gasteiger partial charge in [0.05, 0.1) is 0 Å². The molecule has 0 amide bonds. The van der Waals surface area contributed by atoms with E-state index in [1.807, 2.05) is 0 Å². The molecule has 0 saturated carbocycles. The summed E-state index contributed by atoms with van der Waals surface area (Å²) in [6.07, 6.45) is 2.54. The number of nitriles is 1. The minimum atomic E-state index is -0.796. The molecule has 0 aliphatic rings. The number of carbonyl (C=O) groups is 1. The van der Waals surface area contributed by atoms with E-state index in [2.05, 4.69) is 11.3 Å². The molecular weight excluding hydrogens is 221 g/mol. The molecule has 0 fully saturated rings. The van der Waals surface area contributed by atoms with Gasteiger partial charge in [0.2, 0.25) is 0 Å². The molecular formula is C13H10FNO2. The highest BCUT2D eigenvalue weighted by Gasteiger charge is 2.10. The Morgan fingerprint density at radius 3 is 2.82 bits per heavy atom. The number of nitrogens with zero attached hydrogens (tertiary/aromatic N) is 1. The van der Waals surface area contributed by atoms with Gasteiger partial charge in [-0.3, -0.25) is 0 Å². The fourth-order valence-corrected chi connectivity index (χ4v) is 1.10. The first kappa shape index (κ1) is 12.7. The summed E-state index contributed by atoms with van der Waals surface area (Å²) < 4.78 is 18.0. The molecule has 86 valence electrons. The number of benzene rings is 1. The summed E-state index contributed by atoms with van der Waals surface area (Å²) in [7, 11) is 0. The Morgan fingerprint density at radius 1 is 1.53 bits per heavy atom. The maximum Gasteiger partial charge on any atom is 0.349 e. The standard InChI is InChI=1S/C13H10FNO2/c1-2-7-17-13(16)11(9-15)8-10-5-3-4-6-12(10)14/h2-6,8H,1,7H2. The topological polar surface area (TPSA) is 50.1 Å². The number of rotatable bonds is 4. The molecule has 0 unspecified atom stereocenters. The normalized spacial score (nSPS) is 10.5. The molecule has 0 N–H and O–H groups in total. The average Bonchev–Trinajstić information content (AvgIpc) is 2.35. The summed E-state index contributed by atoms with van der Waals surface area (Å²) in [5.41, 5.74) is -0.0865. The second kappa shape index (κ2) is 6.23. The molecule has 1 aromatic carbocycles. The van der Waals surface area contributed by atoms with Crippen LogP contribution in [-0.2, 0) is 9.53 Å². The van der Waals surface area contributed by atoms with Crippen molar-refractivity contribution in [2.45, 2.75) is 0 Å². The molecule has 0 atom stereocenters. The van der Waals surface area contributed by atoms with Crippen molar-refractivity contribution in [3.05, 3.63) is 53.9 Å². The van der Waals surface area contributed by atoms with Crippen molar-refractivity contribution in [1.82, 2.24) is 0 Å². The van der Waals surface area contributed by atoms with Gasteiger partial charge in [0, 0.05) is 5.56 Å². The molecule has 4 heteroatoms. The van der Waals surface area contributed by atoms with Gasteiger partial charge in [0.15, 0.2) is 0 Å². The van der Waals surface area contributed by atoms with E-state index in [4.69, 9.17) is 5.26 Å². The number of hydrogen-bond acceptors (Lipinski definition) is 3. The third-order valence-electron chi connectivity index (χ3n) is 1.88. The van der Waals surface area contributed by atoms with E-state index in [1.165, 1.54) is 24.3 Å². The van der Waals surface area contributed by atoms with Crippen LogP contribution in [0.5, 0.6) is 0 Å². The second-order valence-corrected chi connectivity index (χ2v) is 3.08. The molecule has 0 aliphatic carbocycles. The second-order valence-electron chi connectivity index (χ2n) is 3.08. The predicted molar refractivity (Wildman–Crippen MR) is 61.1 cm³/mol. The lowest BCUT2D eigenvalue weighted by molar-refractivity contribution is -0.137. The average molecular weight is 231 g/mol. The monoisotopic (exact) mass is 231 g/mol. The van der Waals surface area contributed by atoms with Gasteiger partial charge >= 0.3 is 5.97 Å². The number of hydrogen-bond donors (Lipinski definition) is 0. The van der Waals surface area contributed by atoms with Crippen LogP contribution in [-0.4, -0.2) is 12.6 Å². The van der Waals surface area contributed by atoms with Crippen molar-refractivity contribution in [3.8, 4) is 6.07 Å². The van der Waals surface area contributed by atoms with E-state index in [0.29, 0.717) is 0 Å². The van der Waals surface area contributed by atoms with Crippen molar-refractivity contribution in [2.24, 2.45) is 0 Å². The number of esters is 1. The van der Waals surface area contributed by atoms with Crippen LogP contribution in [0.25, 0.3) is 6.08 Å². The Kier molecular flexibility index (Phi) is 4.64. The van der Waals surface area contributed by atoms with Crippen molar-refractivity contribution < 1.29 is 13.9 Å². The Bertz CT molecular complexity index is 500. The molecule has 3 nitrogen and oxygen atoms in total. The molecule has 1 aromatic rings. The zero-order valence-corrected chi connectivity index (χ0v) is 9.02. The maximum absolute atomic E-state index is 13.3. The lowest BCUT2D eigenvalue weighted by Gasteiger charge is -2.00. The largest absolute Gasteiger partial charge is 0.457 e. The molecule has 0 bridgehead atoms. The SMILES string of the molecule is C=CCOC(=O)C(C#N)=Cc1ccccc1F. The highest BCUT2D eigenvalue weighted by Crippen LogP contribution is 2.12.